The van der Waals surface area contributed by atoms with Gasteiger partial charge in [-0.2, -0.15) is 0 Å². The number of fused-ring (bicyclic) bond motifs is 1. The summed E-state index contributed by atoms with van der Waals surface area (Å²) >= 11 is 1.48. The first kappa shape index (κ1) is 15.2. The Hall–Kier alpha value is -1.75. The summed E-state index contributed by atoms with van der Waals surface area (Å²) in [6.07, 6.45) is 3.93. The van der Waals surface area contributed by atoms with Crippen LogP contribution in [0, 0.1) is 5.92 Å². The normalized spacial score (nSPS) is 17.3. The average Bonchev–Trinajstić information content (AvgIpc) is 2.92. The van der Waals surface area contributed by atoms with E-state index in [1.165, 1.54) is 16.9 Å². The lowest BCUT2D eigenvalue weighted by Gasteiger charge is -2.24. The molecular weight excluding hydrogens is 294 g/mol. The van der Waals surface area contributed by atoms with Gasteiger partial charge in [0.1, 0.15) is 5.01 Å². The zero-order valence-corrected chi connectivity index (χ0v) is 13.8. The minimum atomic E-state index is -0.0672. The van der Waals surface area contributed by atoms with Crippen LogP contribution in [0.15, 0.2) is 24.3 Å². The molecule has 0 saturated heterocycles. The number of amides is 1. The van der Waals surface area contributed by atoms with E-state index in [-0.39, 0.29) is 11.8 Å². The molecule has 1 unspecified atom stereocenters. The van der Waals surface area contributed by atoms with Crippen LogP contribution < -0.4 is 5.32 Å². The quantitative estimate of drug-likeness (QED) is 0.934. The lowest BCUT2D eigenvalue weighted by molar-refractivity contribution is -0.117. The molecule has 0 fully saturated rings. The van der Waals surface area contributed by atoms with Gasteiger partial charge in [-0.05, 0) is 36.3 Å². The molecule has 2 aromatic rings. The van der Waals surface area contributed by atoms with Crippen LogP contribution in [0.5, 0.6) is 0 Å². The summed E-state index contributed by atoms with van der Waals surface area (Å²) in [5.41, 5.74) is 2.46. The van der Waals surface area contributed by atoms with E-state index in [9.17, 15) is 4.79 Å². The standard InChI is InChI=1S/C17H21N3OS/c1-11(2)10-15-19-20-17(22-15)18-16(21)14-9-5-7-12-6-3-4-8-13(12)14/h3-4,6,8,11,14H,5,7,9-10H2,1-2H3,(H,18,20,21). The first-order valence-electron chi connectivity index (χ1n) is 7.84. The van der Waals surface area contributed by atoms with Crippen molar-refractivity contribution in [2.24, 2.45) is 5.92 Å². The van der Waals surface area contributed by atoms with Crippen molar-refractivity contribution in [3.05, 3.63) is 40.4 Å². The maximum atomic E-state index is 12.6. The molecule has 1 atom stereocenters. The predicted octanol–water partition coefficient (Wildman–Crippen LogP) is 3.80. The Bertz CT molecular complexity index is 665. The first-order chi connectivity index (χ1) is 10.6. The number of nitrogens with one attached hydrogen (secondary N) is 1. The Morgan fingerprint density at radius 1 is 1.36 bits per heavy atom. The van der Waals surface area contributed by atoms with Crippen LogP contribution >= 0.6 is 11.3 Å². The monoisotopic (exact) mass is 315 g/mol. The van der Waals surface area contributed by atoms with Gasteiger partial charge in [-0.25, -0.2) is 0 Å². The highest BCUT2D eigenvalue weighted by atomic mass is 32.1. The van der Waals surface area contributed by atoms with E-state index in [0.717, 1.165) is 36.3 Å². The molecule has 4 nitrogen and oxygen atoms in total. The van der Waals surface area contributed by atoms with Gasteiger partial charge < -0.3 is 0 Å². The van der Waals surface area contributed by atoms with Crippen LogP contribution in [0.4, 0.5) is 5.13 Å². The molecular formula is C17H21N3OS. The van der Waals surface area contributed by atoms with E-state index >= 15 is 0 Å². The Balaban J connectivity index is 1.71. The summed E-state index contributed by atoms with van der Waals surface area (Å²) in [6.45, 7) is 4.30. The van der Waals surface area contributed by atoms with Crippen molar-refractivity contribution in [1.82, 2.24) is 10.2 Å². The summed E-state index contributed by atoms with van der Waals surface area (Å²) in [6, 6.07) is 8.25. The van der Waals surface area contributed by atoms with Gasteiger partial charge in [0.05, 0.1) is 5.92 Å². The molecule has 1 heterocycles. The minimum Gasteiger partial charge on any atom is -0.300 e. The smallest absolute Gasteiger partial charge is 0.233 e. The number of rotatable bonds is 4. The zero-order chi connectivity index (χ0) is 15.5. The van der Waals surface area contributed by atoms with Gasteiger partial charge in [0.2, 0.25) is 11.0 Å². The zero-order valence-electron chi connectivity index (χ0n) is 13.0. The minimum absolute atomic E-state index is 0.0411. The second-order valence-corrected chi connectivity index (χ2v) is 7.29. The molecule has 0 spiro atoms. The number of aryl methyl sites for hydroxylation is 1. The molecule has 5 heteroatoms. The van der Waals surface area contributed by atoms with Crippen LogP contribution in [0.3, 0.4) is 0 Å². The molecule has 0 saturated carbocycles. The summed E-state index contributed by atoms with van der Waals surface area (Å²) < 4.78 is 0. The lowest BCUT2D eigenvalue weighted by Crippen LogP contribution is -2.24. The number of hydrogen-bond acceptors (Lipinski definition) is 4. The number of nitrogens with zero attached hydrogens (tertiary/aromatic N) is 2. The summed E-state index contributed by atoms with van der Waals surface area (Å²) in [5, 5.41) is 12.8. The summed E-state index contributed by atoms with van der Waals surface area (Å²) in [5.74, 6) is 0.517. The van der Waals surface area contributed by atoms with E-state index in [4.69, 9.17) is 0 Å². The predicted molar refractivity (Wildman–Crippen MR) is 89.2 cm³/mol. The maximum absolute atomic E-state index is 12.6. The first-order valence-corrected chi connectivity index (χ1v) is 8.66. The van der Waals surface area contributed by atoms with Gasteiger partial charge in [0, 0.05) is 6.42 Å². The van der Waals surface area contributed by atoms with E-state index in [0.29, 0.717) is 11.0 Å². The topological polar surface area (TPSA) is 54.9 Å². The van der Waals surface area contributed by atoms with E-state index in [1.807, 2.05) is 12.1 Å². The molecule has 116 valence electrons. The molecule has 0 radical (unpaired) electrons. The third-order valence-corrected chi connectivity index (χ3v) is 4.83. The fourth-order valence-corrected chi connectivity index (χ4v) is 3.91. The van der Waals surface area contributed by atoms with Crippen molar-refractivity contribution in [3.8, 4) is 0 Å². The number of aromatic nitrogens is 2. The molecule has 1 aromatic carbocycles. The largest absolute Gasteiger partial charge is 0.300 e. The second-order valence-electron chi connectivity index (χ2n) is 6.23. The highest BCUT2D eigenvalue weighted by Crippen LogP contribution is 2.32. The Kier molecular flexibility index (Phi) is 4.52. The van der Waals surface area contributed by atoms with Crippen LogP contribution in [0.1, 0.15) is 48.7 Å². The molecule has 1 aliphatic rings. The highest BCUT2D eigenvalue weighted by Gasteiger charge is 2.26. The van der Waals surface area contributed by atoms with E-state index in [2.05, 4.69) is 41.5 Å². The lowest BCUT2D eigenvalue weighted by atomic mass is 9.82. The summed E-state index contributed by atoms with van der Waals surface area (Å²) in [4.78, 5) is 12.6. The SMILES string of the molecule is CC(C)Cc1nnc(NC(=O)C2CCCc3ccccc32)s1. The maximum Gasteiger partial charge on any atom is 0.233 e. The van der Waals surface area contributed by atoms with Gasteiger partial charge in [-0.3, -0.25) is 10.1 Å². The van der Waals surface area contributed by atoms with Gasteiger partial charge >= 0.3 is 0 Å². The number of anilines is 1. The van der Waals surface area contributed by atoms with Crippen LogP contribution in [0.2, 0.25) is 0 Å². The molecule has 22 heavy (non-hydrogen) atoms. The summed E-state index contributed by atoms with van der Waals surface area (Å²) in [7, 11) is 0. The van der Waals surface area contributed by atoms with Gasteiger partial charge in [0.25, 0.3) is 0 Å². The number of benzene rings is 1. The molecule has 1 N–H and O–H groups in total. The molecule has 1 aliphatic carbocycles. The van der Waals surface area contributed by atoms with Crippen LogP contribution in [-0.4, -0.2) is 16.1 Å². The van der Waals surface area contributed by atoms with Crippen LogP contribution in [0.25, 0.3) is 0 Å². The van der Waals surface area contributed by atoms with Crippen molar-refractivity contribution in [3.63, 3.8) is 0 Å². The van der Waals surface area contributed by atoms with Gasteiger partial charge in [-0.1, -0.05) is 49.4 Å². The fraction of sp³-hybridized carbons (Fsp3) is 0.471. The van der Waals surface area contributed by atoms with E-state index < -0.39 is 0 Å². The van der Waals surface area contributed by atoms with Crippen molar-refractivity contribution >= 4 is 22.4 Å². The third-order valence-electron chi connectivity index (χ3n) is 3.97. The highest BCUT2D eigenvalue weighted by molar-refractivity contribution is 7.15. The Morgan fingerprint density at radius 2 is 2.18 bits per heavy atom. The molecule has 0 aliphatic heterocycles. The third kappa shape index (κ3) is 3.35. The van der Waals surface area contributed by atoms with Gasteiger partial charge in [0.15, 0.2) is 0 Å². The number of hydrogen-bond donors (Lipinski definition) is 1. The fourth-order valence-electron chi connectivity index (χ4n) is 2.95. The van der Waals surface area contributed by atoms with Gasteiger partial charge in [-0.15, -0.1) is 10.2 Å². The Labute approximate surface area is 135 Å². The molecule has 1 amide bonds. The second kappa shape index (κ2) is 6.57. The number of carbonyl (C=O) groups is 1. The molecule has 1 aromatic heterocycles. The van der Waals surface area contributed by atoms with Crippen molar-refractivity contribution < 1.29 is 4.79 Å². The van der Waals surface area contributed by atoms with Crippen molar-refractivity contribution in [1.29, 1.82) is 0 Å². The van der Waals surface area contributed by atoms with Crippen molar-refractivity contribution in [2.45, 2.75) is 45.4 Å². The number of carbonyl (C=O) groups excluding carboxylic acids is 1. The molecule has 3 rings (SSSR count). The van der Waals surface area contributed by atoms with Crippen molar-refractivity contribution in [2.75, 3.05) is 5.32 Å². The molecule has 0 bridgehead atoms. The van der Waals surface area contributed by atoms with E-state index in [1.54, 1.807) is 0 Å². The average molecular weight is 315 g/mol. The van der Waals surface area contributed by atoms with Crippen LogP contribution in [-0.2, 0) is 17.6 Å². The Morgan fingerprint density at radius 3 is 3.00 bits per heavy atom.